The summed E-state index contributed by atoms with van der Waals surface area (Å²) < 4.78 is 0. The average molecular weight is 392 g/mol. The van der Waals surface area contributed by atoms with Crippen LogP contribution < -0.4 is 10.6 Å². The number of carboxylic acids is 1. The summed E-state index contributed by atoms with van der Waals surface area (Å²) in [6.07, 6.45) is 1.92. The van der Waals surface area contributed by atoms with Gasteiger partial charge in [-0.25, -0.2) is 9.78 Å². The largest absolute Gasteiger partial charge is 0.481 e. The van der Waals surface area contributed by atoms with Gasteiger partial charge in [-0.1, -0.05) is 30.3 Å². The summed E-state index contributed by atoms with van der Waals surface area (Å²) in [4.78, 5) is 29.0. The molecule has 0 saturated heterocycles. The van der Waals surface area contributed by atoms with E-state index in [0.29, 0.717) is 18.0 Å². The lowest BCUT2D eigenvalue weighted by Crippen LogP contribution is -2.39. The maximum absolute atomic E-state index is 12.4. The van der Waals surface area contributed by atoms with E-state index in [9.17, 15) is 9.59 Å². The quantitative estimate of drug-likeness (QED) is 0.672. The number of carbonyl (C=O) groups is 2. The Labute approximate surface area is 160 Å². The summed E-state index contributed by atoms with van der Waals surface area (Å²) in [6, 6.07) is 9.15. The first-order valence-corrected chi connectivity index (χ1v) is 10.5. The van der Waals surface area contributed by atoms with E-state index in [-0.39, 0.29) is 18.5 Å². The Balaban J connectivity index is 1.60. The number of thiazole rings is 1. The van der Waals surface area contributed by atoms with Crippen molar-refractivity contribution < 1.29 is 14.7 Å². The van der Waals surface area contributed by atoms with Gasteiger partial charge in [0, 0.05) is 23.1 Å². The zero-order chi connectivity index (χ0) is 18.4. The molecular weight excluding hydrogens is 370 g/mol. The number of anilines is 1. The number of aromatic nitrogens is 1. The van der Waals surface area contributed by atoms with Crippen molar-refractivity contribution in [3.8, 4) is 0 Å². The van der Waals surface area contributed by atoms with Crippen LogP contribution in [0.25, 0.3) is 0 Å². The van der Waals surface area contributed by atoms with Crippen LogP contribution in [0, 0.1) is 0 Å². The SMILES string of the molecule is O=C(O)CCC(Cc1ccccc1)NC(=O)Nc1nc2c(s1)CSCC2. The lowest BCUT2D eigenvalue weighted by molar-refractivity contribution is -0.137. The van der Waals surface area contributed by atoms with Crippen LogP contribution in [0.3, 0.4) is 0 Å². The molecule has 138 valence electrons. The first kappa shape index (κ1) is 18.7. The van der Waals surface area contributed by atoms with Crippen LogP contribution in [-0.2, 0) is 23.4 Å². The molecule has 6 nitrogen and oxygen atoms in total. The molecule has 2 heterocycles. The van der Waals surface area contributed by atoms with E-state index in [1.165, 1.54) is 16.2 Å². The van der Waals surface area contributed by atoms with Crippen molar-refractivity contribution in [2.45, 2.75) is 37.5 Å². The molecule has 1 aromatic carbocycles. The van der Waals surface area contributed by atoms with Gasteiger partial charge in [0.15, 0.2) is 5.13 Å². The highest BCUT2D eigenvalue weighted by Gasteiger charge is 2.19. The minimum Gasteiger partial charge on any atom is -0.481 e. The lowest BCUT2D eigenvalue weighted by Gasteiger charge is -2.18. The minimum absolute atomic E-state index is 0.0144. The Hall–Kier alpha value is -2.06. The molecule has 1 aliphatic rings. The molecule has 3 rings (SSSR count). The smallest absolute Gasteiger partial charge is 0.321 e. The zero-order valence-electron chi connectivity index (χ0n) is 14.2. The normalized spacial score (nSPS) is 14.3. The third kappa shape index (κ3) is 5.47. The average Bonchev–Trinajstić information content (AvgIpc) is 3.02. The first-order valence-electron chi connectivity index (χ1n) is 8.49. The molecule has 1 aromatic heterocycles. The third-order valence-electron chi connectivity index (χ3n) is 4.08. The molecule has 3 N–H and O–H groups in total. The van der Waals surface area contributed by atoms with Crippen LogP contribution in [0.1, 0.15) is 29.0 Å². The molecule has 0 radical (unpaired) electrons. The summed E-state index contributed by atoms with van der Waals surface area (Å²) in [6.45, 7) is 0. The predicted molar refractivity (Wildman–Crippen MR) is 105 cm³/mol. The number of hydrogen-bond acceptors (Lipinski definition) is 5. The number of benzene rings is 1. The highest BCUT2D eigenvalue weighted by atomic mass is 32.2. The Kier molecular flexibility index (Phi) is 6.51. The lowest BCUT2D eigenvalue weighted by atomic mass is 10.0. The molecule has 1 atom stereocenters. The Bertz CT molecular complexity index is 741. The number of urea groups is 1. The van der Waals surface area contributed by atoms with Gasteiger partial charge in [-0.05, 0) is 30.6 Å². The molecule has 2 amide bonds. The van der Waals surface area contributed by atoms with Crippen molar-refractivity contribution >= 4 is 40.2 Å². The van der Waals surface area contributed by atoms with Crippen molar-refractivity contribution in [3.05, 3.63) is 46.5 Å². The van der Waals surface area contributed by atoms with Gasteiger partial charge < -0.3 is 10.4 Å². The van der Waals surface area contributed by atoms with Crippen molar-refractivity contribution in [3.63, 3.8) is 0 Å². The van der Waals surface area contributed by atoms with Gasteiger partial charge in [0.25, 0.3) is 0 Å². The van der Waals surface area contributed by atoms with Crippen molar-refractivity contribution in [1.82, 2.24) is 10.3 Å². The van der Waals surface area contributed by atoms with Gasteiger partial charge >= 0.3 is 12.0 Å². The number of nitrogens with zero attached hydrogens (tertiary/aromatic N) is 1. The highest BCUT2D eigenvalue weighted by Crippen LogP contribution is 2.31. The highest BCUT2D eigenvalue weighted by molar-refractivity contribution is 7.98. The summed E-state index contributed by atoms with van der Waals surface area (Å²) in [7, 11) is 0. The van der Waals surface area contributed by atoms with E-state index in [4.69, 9.17) is 5.11 Å². The van der Waals surface area contributed by atoms with Gasteiger partial charge in [-0.15, -0.1) is 11.3 Å². The van der Waals surface area contributed by atoms with Gasteiger partial charge in [0.05, 0.1) is 5.69 Å². The Morgan fingerprint density at radius 2 is 2.08 bits per heavy atom. The van der Waals surface area contributed by atoms with Crippen LogP contribution in [0.4, 0.5) is 9.93 Å². The van der Waals surface area contributed by atoms with E-state index in [1.807, 2.05) is 42.1 Å². The molecule has 1 aliphatic heterocycles. The molecule has 2 aromatic rings. The maximum Gasteiger partial charge on any atom is 0.321 e. The second-order valence-electron chi connectivity index (χ2n) is 6.11. The summed E-state index contributed by atoms with van der Waals surface area (Å²) in [5.41, 5.74) is 2.14. The second-order valence-corrected chi connectivity index (χ2v) is 8.30. The van der Waals surface area contributed by atoms with Crippen LogP contribution in [-0.4, -0.2) is 33.9 Å². The van der Waals surface area contributed by atoms with Crippen LogP contribution in [0.5, 0.6) is 0 Å². The molecule has 8 heteroatoms. The van der Waals surface area contributed by atoms with Crippen molar-refractivity contribution in [1.29, 1.82) is 0 Å². The van der Waals surface area contributed by atoms with E-state index in [0.717, 1.165) is 29.2 Å². The number of rotatable bonds is 7. The van der Waals surface area contributed by atoms with E-state index >= 15 is 0 Å². The van der Waals surface area contributed by atoms with Gasteiger partial charge in [0.2, 0.25) is 0 Å². The number of nitrogens with one attached hydrogen (secondary N) is 2. The summed E-state index contributed by atoms with van der Waals surface area (Å²) in [5.74, 6) is 1.15. The summed E-state index contributed by atoms with van der Waals surface area (Å²) in [5, 5.41) is 15.3. The molecule has 0 bridgehead atoms. The molecule has 1 unspecified atom stereocenters. The fourth-order valence-electron chi connectivity index (χ4n) is 2.82. The Morgan fingerprint density at radius 1 is 1.27 bits per heavy atom. The minimum atomic E-state index is -0.865. The molecule has 0 spiro atoms. The van der Waals surface area contributed by atoms with Gasteiger partial charge in [-0.3, -0.25) is 10.1 Å². The number of carbonyl (C=O) groups excluding carboxylic acids is 1. The maximum atomic E-state index is 12.4. The number of thioether (sulfide) groups is 1. The fraction of sp³-hybridized carbons (Fsp3) is 0.389. The predicted octanol–water partition coefficient (Wildman–Crippen LogP) is 3.53. The summed E-state index contributed by atoms with van der Waals surface area (Å²) >= 11 is 3.39. The number of fused-ring (bicyclic) bond motifs is 1. The number of aliphatic carboxylic acids is 1. The van der Waals surface area contributed by atoms with Crippen LogP contribution >= 0.6 is 23.1 Å². The van der Waals surface area contributed by atoms with Crippen molar-refractivity contribution in [2.24, 2.45) is 0 Å². The molecule has 0 aliphatic carbocycles. The standard InChI is InChI=1S/C18H21N3O3S2/c22-16(23)7-6-13(10-12-4-2-1-3-5-12)19-17(24)21-18-20-14-8-9-25-11-15(14)26-18/h1-5,13H,6-11H2,(H,22,23)(H2,19,20,21,24). The second kappa shape index (κ2) is 9.05. The van der Waals surface area contributed by atoms with Crippen LogP contribution in [0.15, 0.2) is 30.3 Å². The van der Waals surface area contributed by atoms with Crippen molar-refractivity contribution in [2.75, 3.05) is 11.1 Å². The van der Waals surface area contributed by atoms with E-state index in [2.05, 4.69) is 15.6 Å². The monoisotopic (exact) mass is 391 g/mol. The van der Waals surface area contributed by atoms with E-state index < -0.39 is 5.97 Å². The van der Waals surface area contributed by atoms with Gasteiger partial charge in [-0.2, -0.15) is 11.8 Å². The number of aryl methyl sites for hydroxylation is 1. The topological polar surface area (TPSA) is 91.3 Å². The third-order valence-corrected chi connectivity index (χ3v) is 6.26. The van der Waals surface area contributed by atoms with E-state index in [1.54, 1.807) is 0 Å². The Morgan fingerprint density at radius 3 is 2.81 bits per heavy atom. The molecule has 26 heavy (non-hydrogen) atoms. The molecule has 0 fully saturated rings. The number of carboxylic acid groups (broad SMARTS) is 1. The van der Waals surface area contributed by atoms with Crippen LogP contribution in [0.2, 0.25) is 0 Å². The number of hydrogen-bond donors (Lipinski definition) is 3. The molecular formula is C18H21N3O3S2. The zero-order valence-corrected chi connectivity index (χ0v) is 15.9. The first-order chi connectivity index (χ1) is 12.6. The van der Waals surface area contributed by atoms with Gasteiger partial charge in [0.1, 0.15) is 0 Å². The fourth-order valence-corrected chi connectivity index (χ4v) is 4.94. The molecule has 0 saturated carbocycles. The number of amides is 2.